The third-order valence-corrected chi connectivity index (χ3v) is 5.87. The number of benzene rings is 2. The van der Waals surface area contributed by atoms with Crippen molar-refractivity contribution in [3.8, 4) is 0 Å². The Morgan fingerprint density at radius 1 is 1.00 bits per heavy atom. The summed E-state index contributed by atoms with van der Waals surface area (Å²) in [5.41, 5.74) is 3.55. The van der Waals surface area contributed by atoms with Gasteiger partial charge in [-0.15, -0.1) is 0 Å². The van der Waals surface area contributed by atoms with Gasteiger partial charge in [0, 0.05) is 31.4 Å². The highest BCUT2D eigenvalue weighted by Crippen LogP contribution is 2.24. The number of nitrogens with zero attached hydrogens (tertiary/aromatic N) is 1. The van der Waals surface area contributed by atoms with Crippen LogP contribution in [0.4, 0.5) is 10.1 Å². The van der Waals surface area contributed by atoms with Crippen LogP contribution in [0.25, 0.3) is 0 Å². The van der Waals surface area contributed by atoms with Gasteiger partial charge in [0.2, 0.25) is 0 Å². The second kappa shape index (κ2) is 11.6. The Hall–Kier alpha value is -2.93. The first-order valence-electron chi connectivity index (χ1n) is 11.0. The van der Waals surface area contributed by atoms with Gasteiger partial charge in [-0.2, -0.15) is 0 Å². The Morgan fingerprint density at radius 3 is 2.41 bits per heavy atom. The topological polar surface area (TPSA) is 67.9 Å². The molecule has 0 aromatic heterocycles. The maximum absolute atomic E-state index is 13.4. The van der Waals surface area contributed by atoms with Gasteiger partial charge in [0.1, 0.15) is 5.82 Å². The van der Waals surface area contributed by atoms with E-state index in [0.717, 1.165) is 61.3 Å². The minimum atomic E-state index is -0.305. The number of piperidine rings is 1. The highest BCUT2D eigenvalue weighted by Gasteiger charge is 2.21. The Kier molecular flexibility index (Phi) is 8.62. The predicted molar refractivity (Wildman–Crippen MR) is 121 cm³/mol. The molecule has 0 amide bonds. The van der Waals surface area contributed by atoms with E-state index in [9.17, 15) is 14.0 Å². The average molecular weight is 443 g/mol. The van der Waals surface area contributed by atoms with E-state index in [-0.39, 0.29) is 36.6 Å². The summed E-state index contributed by atoms with van der Waals surface area (Å²) in [5, 5.41) is 3.58. The summed E-state index contributed by atoms with van der Waals surface area (Å²) < 4.78 is 23.0. The van der Waals surface area contributed by atoms with Gasteiger partial charge in [-0.3, -0.25) is 9.59 Å². The predicted octanol–water partition coefficient (Wildman–Crippen LogP) is 3.38. The van der Waals surface area contributed by atoms with E-state index in [1.807, 2.05) is 24.3 Å². The van der Waals surface area contributed by atoms with Gasteiger partial charge in [0.05, 0.1) is 27.1 Å². The average Bonchev–Trinajstić information content (AvgIpc) is 2.80. The van der Waals surface area contributed by atoms with Gasteiger partial charge in [-0.05, 0) is 54.2 Å². The number of anilines is 1. The van der Waals surface area contributed by atoms with Crippen molar-refractivity contribution in [3.63, 3.8) is 0 Å². The van der Waals surface area contributed by atoms with Crippen molar-refractivity contribution in [1.82, 2.24) is 4.90 Å². The molecule has 0 bridgehead atoms. The molecule has 7 heteroatoms. The first-order chi connectivity index (χ1) is 15.5. The third kappa shape index (κ3) is 7.05. The van der Waals surface area contributed by atoms with Crippen LogP contribution in [-0.4, -0.2) is 56.7 Å². The van der Waals surface area contributed by atoms with E-state index in [1.54, 1.807) is 12.1 Å². The van der Waals surface area contributed by atoms with Crippen LogP contribution >= 0.6 is 0 Å². The number of rotatable bonds is 9. The molecule has 2 aromatic rings. The fraction of sp³-hybridized carbons (Fsp3) is 0.440. The van der Waals surface area contributed by atoms with Crippen molar-refractivity contribution in [2.45, 2.75) is 38.1 Å². The summed E-state index contributed by atoms with van der Waals surface area (Å²) in [6, 6.07) is 12.7. The van der Waals surface area contributed by atoms with Crippen molar-refractivity contribution >= 4 is 17.6 Å². The molecule has 1 heterocycles. The SMILES string of the molecule is COC(=O)Cc1ccc(CC(=O)OC)c(NC2CCN(CCc3cccc(F)c3)CC2)c1. The second-order valence-corrected chi connectivity index (χ2v) is 8.14. The van der Waals surface area contributed by atoms with Crippen LogP contribution in [0.5, 0.6) is 0 Å². The minimum Gasteiger partial charge on any atom is -0.469 e. The fourth-order valence-corrected chi connectivity index (χ4v) is 3.99. The number of esters is 2. The van der Waals surface area contributed by atoms with Crippen LogP contribution in [0, 0.1) is 5.82 Å². The lowest BCUT2D eigenvalue weighted by Crippen LogP contribution is -2.40. The molecular weight excluding hydrogens is 411 g/mol. The van der Waals surface area contributed by atoms with Crippen LogP contribution < -0.4 is 5.32 Å². The molecule has 0 aliphatic carbocycles. The smallest absolute Gasteiger partial charge is 0.310 e. The zero-order chi connectivity index (χ0) is 22.9. The number of hydrogen-bond donors (Lipinski definition) is 1. The van der Waals surface area contributed by atoms with Gasteiger partial charge in [-0.1, -0.05) is 24.3 Å². The van der Waals surface area contributed by atoms with Crippen LogP contribution in [0.1, 0.15) is 29.5 Å². The van der Waals surface area contributed by atoms with E-state index in [0.29, 0.717) is 0 Å². The Bertz CT molecular complexity index is 926. The lowest BCUT2D eigenvalue weighted by atomic mass is 10.0. The number of ether oxygens (including phenoxy) is 2. The molecule has 0 spiro atoms. The Balaban J connectivity index is 1.58. The molecule has 0 unspecified atom stereocenters. The molecule has 2 aromatic carbocycles. The highest BCUT2D eigenvalue weighted by atomic mass is 19.1. The minimum absolute atomic E-state index is 0.170. The second-order valence-electron chi connectivity index (χ2n) is 8.14. The summed E-state index contributed by atoms with van der Waals surface area (Å²) in [4.78, 5) is 25.9. The van der Waals surface area contributed by atoms with Crippen molar-refractivity contribution in [3.05, 3.63) is 65.0 Å². The maximum Gasteiger partial charge on any atom is 0.310 e. The summed E-state index contributed by atoms with van der Waals surface area (Å²) in [7, 11) is 2.75. The molecule has 6 nitrogen and oxygen atoms in total. The number of carbonyl (C=O) groups excluding carboxylic acids is 2. The summed E-state index contributed by atoms with van der Waals surface area (Å²) in [5.74, 6) is -0.799. The number of nitrogens with one attached hydrogen (secondary N) is 1. The molecule has 1 aliphatic rings. The van der Waals surface area contributed by atoms with Crippen LogP contribution in [0.3, 0.4) is 0 Å². The van der Waals surface area contributed by atoms with Crippen LogP contribution in [0.2, 0.25) is 0 Å². The molecule has 0 radical (unpaired) electrons. The summed E-state index contributed by atoms with van der Waals surface area (Å²) in [6.45, 7) is 2.79. The quantitative estimate of drug-likeness (QED) is 0.601. The molecule has 1 aliphatic heterocycles. The van der Waals surface area contributed by atoms with Gasteiger partial charge in [-0.25, -0.2) is 4.39 Å². The van der Waals surface area contributed by atoms with E-state index in [2.05, 4.69) is 10.2 Å². The van der Waals surface area contributed by atoms with Crippen LogP contribution in [-0.2, 0) is 38.3 Å². The highest BCUT2D eigenvalue weighted by molar-refractivity contribution is 5.77. The first kappa shape index (κ1) is 23.7. The number of hydrogen-bond acceptors (Lipinski definition) is 6. The Morgan fingerprint density at radius 2 is 1.72 bits per heavy atom. The molecule has 1 N–H and O–H groups in total. The molecule has 0 atom stereocenters. The normalized spacial score (nSPS) is 14.7. The summed E-state index contributed by atoms with van der Waals surface area (Å²) >= 11 is 0. The third-order valence-electron chi connectivity index (χ3n) is 5.87. The van der Waals surface area contributed by atoms with Crippen LogP contribution in [0.15, 0.2) is 42.5 Å². The van der Waals surface area contributed by atoms with Crippen molar-refractivity contribution in [2.24, 2.45) is 0 Å². The number of methoxy groups -OCH3 is 2. The van der Waals surface area contributed by atoms with E-state index < -0.39 is 0 Å². The van der Waals surface area contributed by atoms with Crippen molar-refractivity contribution in [1.29, 1.82) is 0 Å². The number of halogens is 1. The standard InChI is InChI=1S/C25H31FN2O4/c1-31-24(29)16-19-6-7-20(17-25(30)32-2)23(15-19)27-22-9-12-28(13-10-22)11-8-18-4-3-5-21(26)14-18/h3-7,14-15,22,27H,8-13,16-17H2,1-2H3. The zero-order valence-electron chi connectivity index (χ0n) is 18.7. The molecular formula is C25H31FN2O4. The molecule has 32 heavy (non-hydrogen) atoms. The largest absolute Gasteiger partial charge is 0.469 e. The summed E-state index contributed by atoms with van der Waals surface area (Å²) in [6.07, 6.45) is 3.10. The lowest BCUT2D eigenvalue weighted by molar-refractivity contribution is -0.140. The molecule has 0 saturated carbocycles. The Labute approximate surface area is 188 Å². The van der Waals surface area contributed by atoms with E-state index in [4.69, 9.17) is 9.47 Å². The number of carbonyl (C=O) groups is 2. The lowest BCUT2D eigenvalue weighted by Gasteiger charge is -2.33. The van der Waals surface area contributed by atoms with Gasteiger partial charge < -0.3 is 19.7 Å². The monoisotopic (exact) mass is 442 g/mol. The molecule has 3 rings (SSSR count). The molecule has 172 valence electrons. The fourth-order valence-electron chi connectivity index (χ4n) is 3.99. The van der Waals surface area contributed by atoms with Crippen molar-refractivity contribution in [2.75, 3.05) is 39.2 Å². The van der Waals surface area contributed by atoms with Gasteiger partial charge in [0.25, 0.3) is 0 Å². The van der Waals surface area contributed by atoms with Gasteiger partial charge in [0.15, 0.2) is 0 Å². The van der Waals surface area contributed by atoms with E-state index >= 15 is 0 Å². The van der Waals surface area contributed by atoms with Crippen molar-refractivity contribution < 1.29 is 23.5 Å². The van der Waals surface area contributed by atoms with Gasteiger partial charge >= 0.3 is 11.9 Å². The maximum atomic E-state index is 13.4. The first-order valence-corrected chi connectivity index (χ1v) is 11.0. The number of likely N-dealkylation sites (tertiary alicyclic amines) is 1. The molecule has 1 saturated heterocycles. The zero-order valence-corrected chi connectivity index (χ0v) is 18.7. The molecule has 1 fully saturated rings. The van der Waals surface area contributed by atoms with E-state index in [1.165, 1.54) is 20.3 Å².